The molecule has 4 nitrogen and oxygen atoms in total. The summed E-state index contributed by atoms with van der Waals surface area (Å²) in [6, 6.07) is 4.09. The lowest BCUT2D eigenvalue weighted by Crippen LogP contribution is -2.52. The molecule has 1 atom stereocenters. The summed E-state index contributed by atoms with van der Waals surface area (Å²) in [4.78, 5) is 14.1. The van der Waals surface area contributed by atoms with Crippen LogP contribution in [0.5, 0.6) is 0 Å². The third-order valence-corrected chi connectivity index (χ3v) is 3.18. The van der Waals surface area contributed by atoms with Crippen LogP contribution in [0, 0.1) is 12.7 Å². The Morgan fingerprint density at radius 2 is 2.39 bits per heavy atom. The summed E-state index contributed by atoms with van der Waals surface area (Å²) in [7, 11) is 0. The molecule has 1 aromatic rings. The maximum Gasteiger partial charge on any atom is 0.254 e. The molecule has 1 aromatic carbocycles. The van der Waals surface area contributed by atoms with E-state index in [0.717, 1.165) is 0 Å². The minimum atomic E-state index is -0.332. The van der Waals surface area contributed by atoms with Crippen LogP contribution in [-0.2, 0) is 4.74 Å². The Morgan fingerprint density at radius 3 is 3.06 bits per heavy atom. The van der Waals surface area contributed by atoms with Crippen LogP contribution in [-0.4, -0.2) is 43.2 Å². The van der Waals surface area contributed by atoms with Crippen molar-refractivity contribution in [2.24, 2.45) is 5.73 Å². The topological polar surface area (TPSA) is 55.6 Å². The van der Waals surface area contributed by atoms with Gasteiger partial charge in [-0.2, -0.15) is 0 Å². The van der Waals surface area contributed by atoms with Crippen molar-refractivity contribution in [3.05, 3.63) is 35.1 Å². The van der Waals surface area contributed by atoms with E-state index in [0.29, 0.717) is 37.4 Å². The van der Waals surface area contributed by atoms with Crippen LogP contribution >= 0.6 is 0 Å². The summed E-state index contributed by atoms with van der Waals surface area (Å²) in [6.45, 7) is 3.60. The van der Waals surface area contributed by atoms with Gasteiger partial charge in [-0.3, -0.25) is 4.79 Å². The second-order valence-corrected chi connectivity index (χ2v) is 4.42. The molecule has 0 bridgehead atoms. The van der Waals surface area contributed by atoms with Gasteiger partial charge in [0.05, 0.1) is 19.3 Å². The number of rotatable bonds is 2. The first kappa shape index (κ1) is 13.0. The maximum atomic E-state index is 13.0. The van der Waals surface area contributed by atoms with Gasteiger partial charge in [0.15, 0.2) is 0 Å². The molecular weight excluding hydrogens is 235 g/mol. The average Bonchev–Trinajstić information content (AvgIpc) is 2.38. The van der Waals surface area contributed by atoms with Gasteiger partial charge in [0.25, 0.3) is 5.91 Å². The fourth-order valence-electron chi connectivity index (χ4n) is 2.14. The molecule has 1 saturated heterocycles. The second-order valence-electron chi connectivity index (χ2n) is 4.42. The molecule has 1 fully saturated rings. The molecule has 0 radical (unpaired) electrons. The Morgan fingerprint density at radius 1 is 1.61 bits per heavy atom. The minimum Gasteiger partial charge on any atom is -0.377 e. The zero-order valence-electron chi connectivity index (χ0n) is 10.4. The lowest BCUT2D eigenvalue weighted by molar-refractivity contribution is 0.000795. The molecule has 2 N–H and O–H groups in total. The lowest BCUT2D eigenvalue weighted by Gasteiger charge is -2.35. The van der Waals surface area contributed by atoms with Gasteiger partial charge in [-0.1, -0.05) is 0 Å². The Labute approximate surface area is 106 Å². The van der Waals surface area contributed by atoms with Crippen molar-refractivity contribution in [1.29, 1.82) is 0 Å². The summed E-state index contributed by atoms with van der Waals surface area (Å²) in [5.41, 5.74) is 6.80. The molecule has 1 amide bonds. The first-order chi connectivity index (χ1) is 8.63. The van der Waals surface area contributed by atoms with E-state index >= 15 is 0 Å². The molecule has 1 aliphatic heterocycles. The highest BCUT2D eigenvalue weighted by Crippen LogP contribution is 2.16. The number of morpholine rings is 1. The zero-order valence-corrected chi connectivity index (χ0v) is 10.4. The summed E-state index contributed by atoms with van der Waals surface area (Å²) in [5, 5.41) is 0. The van der Waals surface area contributed by atoms with E-state index in [-0.39, 0.29) is 17.8 Å². The van der Waals surface area contributed by atoms with E-state index in [1.54, 1.807) is 11.8 Å². The van der Waals surface area contributed by atoms with Gasteiger partial charge in [0, 0.05) is 18.7 Å². The number of aryl methyl sites for hydroxylation is 1. The van der Waals surface area contributed by atoms with Crippen molar-refractivity contribution in [1.82, 2.24) is 4.90 Å². The van der Waals surface area contributed by atoms with Crippen LogP contribution in [0.25, 0.3) is 0 Å². The Kier molecular flexibility index (Phi) is 3.93. The number of hydrogen-bond donors (Lipinski definition) is 1. The first-order valence-corrected chi connectivity index (χ1v) is 5.98. The first-order valence-electron chi connectivity index (χ1n) is 5.98. The lowest BCUT2D eigenvalue weighted by atomic mass is 10.1. The van der Waals surface area contributed by atoms with Crippen LogP contribution in [0.4, 0.5) is 4.39 Å². The van der Waals surface area contributed by atoms with E-state index in [1.807, 2.05) is 0 Å². The molecule has 0 aliphatic carbocycles. The fraction of sp³-hybridized carbons (Fsp3) is 0.462. The molecule has 1 unspecified atom stereocenters. The number of nitrogens with two attached hydrogens (primary N) is 1. The number of carbonyl (C=O) groups is 1. The van der Waals surface area contributed by atoms with Crippen molar-refractivity contribution in [3.63, 3.8) is 0 Å². The second kappa shape index (κ2) is 5.46. The van der Waals surface area contributed by atoms with Crippen molar-refractivity contribution >= 4 is 5.91 Å². The van der Waals surface area contributed by atoms with Crippen LogP contribution in [0.2, 0.25) is 0 Å². The van der Waals surface area contributed by atoms with E-state index in [9.17, 15) is 9.18 Å². The number of nitrogens with zero attached hydrogens (tertiary/aromatic N) is 1. The molecule has 98 valence electrons. The largest absolute Gasteiger partial charge is 0.377 e. The van der Waals surface area contributed by atoms with Gasteiger partial charge in [-0.05, 0) is 30.7 Å². The summed E-state index contributed by atoms with van der Waals surface area (Å²) in [6.07, 6.45) is 0. The van der Waals surface area contributed by atoms with Crippen molar-refractivity contribution in [3.8, 4) is 0 Å². The maximum absolute atomic E-state index is 13.0. The molecule has 0 saturated carbocycles. The van der Waals surface area contributed by atoms with E-state index in [2.05, 4.69) is 0 Å². The van der Waals surface area contributed by atoms with Gasteiger partial charge in [0.1, 0.15) is 5.82 Å². The van der Waals surface area contributed by atoms with Crippen LogP contribution in [0.3, 0.4) is 0 Å². The third kappa shape index (κ3) is 2.52. The Balaban J connectivity index is 2.24. The smallest absolute Gasteiger partial charge is 0.254 e. The van der Waals surface area contributed by atoms with Gasteiger partial charge in [-0.25, -0.2) is 4.39 Å². The number of hydrogen-bond acceptors (Lipinski definition) is 3. The van der Waals surface area contributed by atoms with Crippen LogP contribution < -0.4 is 5.73 Å². The predicted molar refractivity (Wildman–Crippen MR) is 65.8 cm³/mol. The number of carbonyl (C=O) groups excluding carboxylic acids is 1. The normalized spacial score (nSPS) is 19.9. The summed E-state index contributed by atoms with van der Waals surface area (Å²) >= 11 is 0. The molecule has 2 rings (SSSR count). The molecule has 5 heteroatoms. The van der Waals surface area contributed by atoms with Crippen molar-refractivity contribution in [2.45, 2.75) is 13.0 Å². The van der Waals surface area contributed by atoms with Gasteiger partial charge < -0.3 is 15.4 Å². The fourth-order valence-corrected chi connectivity index (χ4v) is 2.14. The van der Waals surface area contributed by atoms with E-state index < -0.39 is 0 Å². The standard InChI is InChI=1S/C13H17FN2O2/c1-9-6-10(14)2-3-12(9)13(17)16-4-5-18-8-11(16)7-15/h2-3,6,11H,4-5,7-8,15H2,1H3. The Hall–Kier alpha value is -1.46. The number of halogens is 1. The SMILES string of the molecule is Cc1cc(F)ccc1C(=O)N1CCOCC1CN. The molecule has 1 aliphatic rings. The van der Waals surface area contributed by atoms with Gasteiger partial charge in [-0.15, -0.1) is 0 Å². The van der Waals surface area contributed by atoms with Crippen molar-refractivity contribution < 1.29 is 13.9 Å². The highest BCUT2D eigenvalue weighted by Gasteiger charge is 2.27. The predicted octanol–water partition coefficient (Wildman–Crippen LogP) is 0.934. The van der Waals surface area contributed by atoms with E-state index in [1.165, 1.54) is 18.2 Å². The highest BCUT2D eigenvalue weighted by atomic mass is 19.1. The highest BCUT2D eigenvalue weighted by molar-refractivity contribution is 5.95. The number of benzene rings is 1. The third-order valence-electron chi connectivity index (χ3n) is 3.18. The summed E-state index contributed by atoms with van der Waals surface area (Å²) in [5.74, 6) is -0.437. The molecule has 0 spiro atoms. The summed E-state index contributed by atoms with van der Waals surface area (Å²) < 4.78 is 18.3. The average molecular weight is 252 g/mol. The molecular formula is C13H17FN2O2. The minimum absolute atomic E-state index is 0.101. The number of ether oxygens (including phenoxy) is 1. The monoisotopic (exact) mass is 252 g/mol. The van der Waals surface area contributed by atoms with Crippen LogP contribution in [0.15, 0.2) is 18.2 Å². The van der Waals surface area contributed by atoms with E-state index in [4.69, 9.17) is 10.5 Å². The number of amides is 1. The van der Waals surface area contributed by atoms with Gasteiger partial charge in [0.2, 0.25) is 0 Å². The molecule has 1 heterocycles. The van der Waals surface area contributed by atoms with Crippen LogP contribution in [0.1, 0.15) is 15.9 Å². The quantitative estimate of drug-likeness (QED) is 0.852. The zero-order chi connectivity index (χ0) is 13.1. The Bertz CT molecular complexity index is 451. The van der Waals surface area contributed by atoms with Crippen molar-refractivity contribution in [2.75, 3.05) is 26.3 Å². The van der Waals surface area contributed by atoms with Gasteiger partial charge >= 0.3 is 0 Å². The molecule has 18 heavy (non-hydrogen) atoms. The molecule has 0 aromatic heterocycles.